The monoisotopic (exact) mass is 241 g/mol. The van der Waals surface area contributed by atoms with Crippen LogP contribution >= 0.6 is 12.2 Å². The number of rotatable bonds is 3. The molecule has 1 aromatic carbocycles. The summed E-state index contributed by atoms with van der Waals surface area (Å²) in [4.78, 5) is 0. The molecule has 0 unspecified atom stereocenters. The van der Waals surface area contributed by atoms with Crippen LogP contribution in [0.4, 0.5) is 8.78 Å². The van der Waals surface area contributed by atoms with Crippen molar-refractivity contribution < 1.29 is 8.78 Å². The van der Waals surface area contributed by atoms with Crippen LogP contribution in [-0.2, 0) is 13.0 Å². The number of aryl methyl sites for hydroxylation is 2. The van der Waals surface area contributed by atoms with Crippen molar-refractivity contribution in [3.8, 4) is 0 Å². The van der Waals surface area contributed by atoms with Gasteiger partial charge < -0.3 is 4.57 Å². The maximum atomic E-state index is 12.9. The first-order valence-corrected chi connectivity index (χ1v) is 5.11. The maximum absolute atomic E-state index is 12.9. The fourth-order valence-corrected chi connectivity index (χ4v) is 1.63. The zero-order valence-electron chi connectivity index (χ0n) is 8.28. The van der Waals surface area contributed by atoms with E-state index in [0.717, 1.165) is 6.07 Å². The average molecular weight is 241 g/mol. The molecule has 0 saturated heterocycles. The molecule has 3 nitrogen and oxygen atoms in total. The van der Waals surface area contributed by atoms with Gasteiger partial charge in [-0.15, -0.1) is 0 Å². The zero-order chi connectivity index (χ0) is 11.5. The Morgan fingerprint density at radius 1 is 1.25 bits per heavy atom. The molecular formula is C10H9F2N3S. The van der Waals surface area contributed by atoms with E-state index in [0.29, 0.717) is 23.3 Å². The van der Waals surface area contributed by atoms with E-state index in [1.807, 2.05) is 0 Å². The third kappa shape index (κ3) is 2.52. The summed E-state index contributed by atoms with van der Waals surface area (Å²) in [6, 6.07) is 3.48. The van der Waals surface area contributed by atoms with E-state index in [2.05, 4.69) is 10.2 Å². The zero-order valence-corrected chi connectivity index (χ0v) is 9.10. The minimum Gasteiger partial charge on any atom is -0.306 e. The molecule has 84 valence electrons. The fourth-order valence-electron chi connectivity index (χ4n) is 1.43. The van der Waals surface area contributed by atoms with E-state index in [4.69, 9.17) is 12.2 Å². The van der Waals surface area contributed by atoms with Crippen LogP contribution in [0.2, 0.25) is 0 Å². The molecule has 0 spiro atoms. The smallest absolute Gasteiger partial charge is 0.194 e. The molecule has 16 heavy (non-hydrogen) atoms. The second-order valence-corrected chi connectivity index (χ2v) is 3.77. The molecule has 0 saturated carbocycles. The van der Waals surface area contributed by atoms with E-state index in [1.54, 1.807) is 10.9 Å². The van der Waals surface area contributed by atoms with Gasteiger partial charge in [0, 0.05) is 12.6 Å². The number of aromatic amines is 1. The van der Waals surface area contributed by atoms with E-state index in [-0.39, 0.29) is 0 Å². The van der Waals surface area contributed by atoms with Crippen molar-refractivity contribution in [2.75, 3.05) is 0 Å². The van der Waals surface area contributed by atoms with Crippen LogP contribution < -0.4 is 0 Å². The van der Waals surface area contributed by atoms with Crippen LogP contribution in [0, 0.1) is 16.4 Å². The number of hydrogen-bond acceptors (Lipinski definition) is 2. The highest BCUT2D eigenvalue weighted by molar-refractivity contribution is 7.71. The van der Waals surface area contributed by atoms with Gasteiger partial charge >= 0.3 is 0 Å². The number of nitrogens with zero attached hydrogens (tertiary/aromatic N) is 2. The summed E-state index contributed by atoms with van der Waals surface area (Å²) in [5.41, 5.74) is 0.598. The van der Waals surface area contributed by atoms with Crippen molar-refractivity contribution in [1.29, 1.82) is 0 Å². The lowest BCUT2D eigenvalue weighted by atomic mass is 10.1. The Morgan fingerprint density at radius 2 is 1.94 bits per heavy atom. The summed E-state index contributed by atoms with van der Waals surface area (Å²) in [5, 5.41) is 6.36. The summed E-state index contributed by atoms with van der Waals surface area (Å²) in [5.74, 6) is -1.13. The van der Waals surface area contributed by atoms with Gasteiger partial charge in [0.2, 0.25) is 0 Å². The highest BCUT2D eigenvalue weighted by atomic mass is 32.1. The molecule has 0 aliphatic carbocycles. The predicted octanol–water partition coefficient (Wildman–Crippen LogP) is 2.46. The first-order valence-electron chi connectivity index (χ1n) is 4.70. The Morgan fingerprint density at radius 3 is 2.50 bits per heavy atom. The lowest BCUT2D eigenvalue weighted by Crippen LogP contribution is -2.01. The molecule has 0 aliphatic rings. The highest BCUT2D eigenvalue weighted by Gasteiger charge is 2.01. The topological polar surface area (TPSA) is 33.6 Å². The second-order valence-electron chi connectivity index (χ2n) is 3.38. The molecule has 2 aromatic rings. The molecule has 1 N–H and O–H groups in total. The van der Waals surface area contributed by atoms with Crippen molar-refractivity contribution in [2.45, 2.75) is 13.0 Å². The first kappa shape index (κ1) is 10.9. The average Bonchev–Trinajstić information content (AvgIpc) is 2.59. The maximum Gasteiger partial charge on any atom is 0.194 e. The van der Waals surface area contributed by atoms with Crippen molar-refractivity contribution in [1.82, 2.24) is 14.8 Å². The van der Waals surface area contributed by atoms with Crippen LogP contribution in [0.3, 0.4) is 0 Å². The van der Waals surface area contributed by atoms with Gasteiger partial charge in [0.15, 0.2) is 4.77 Å². The summed E-state index contributed by atoms with van der Waals surface area (Å²) < 4.78 is 28.0. The lowest BCUT2D eigenvalue weighted by molar-refractivity contribution is 0.576. The van der Waals surface area contributed by atoms with E-state index >= 15 is 0 Å². The second kappa shape index (κ2) is 4.52. The largest absolute Gasteiger partial charge is 0.306 e. The molecule has 0 atom stereocenters. The van der Waals surface area contributed by atoms with Crippen molar-refractivity contribution in [3.05, 3.63) is 46.5 Å². The Hall–Kier alpha value is -1.56. The van der Waals surface area contributed by atoms with E-state index in [1.165, 1.54) is 12.1 Å². The van der Waals surface area contributed by atoms with Crippen LogP contribution in [0.15, 0.2) is 24.5 Å². The normalized spacial score (nSPS) is 10.6. The summed E-state index contributed by atoms with van der Waals surface area (Å²) in [7, 11) is 0. The third-order valence-corrected chi connectivity index (χ3v) is 2.51. The predicted molar refractivity (Wildman–Crippen MR) is 57.5 cm³/mol. The molecule has 2 rings (SSSR count). The van der Waals surface area contributed by atoms with E-state index in [9.17, 15) is 8.78 Å². The number of aromatic nitrogens is 3. The number of hydrogen-bond donors (Lipinski definition) is 1. The van der Waals surface area contributed by atoms with Gasteiger partial charge in [0.1, 0.15) is 18.0 Å². The van der Waals surface area contributed by atoms with Crippen LogP contribution in [0.25, 0.3) is 0 Å². The van der Waals surface area contributed by atoms with Gasteiger partial charge in [-0.1, -0.05) is 0 Å². The molecule has 1 aromatic heterocycles. The molecule has 1 heterocycles. The Bertz CT molecular complexity index is 527. The molecule has 0 fully saturated rings. The quantitative estimate of drug-likeness (QED) is 0.837. The van der Waals surface area contributed by atoms with Gasteiger partial charge in [0.25, 0.3) is 0 Å². The lowest BCUT2D eigenvalue weighted by Gasteiger charge is -2.02. The molecule has 0 amide bonds. The number of nitrogens with one attached hydrogen (secondary N) is 1. The molecule has 6 heteroatoms. The Labute approximate surface area is 95.7 Å². The molecule has 0 radical (unpaired) electrons. The van der Waals surface area contributed by atoms with Crippen LogP contribution in [0.5, 0.6) is 0 Å². The van der Waals surface area contributed by atoms with Gasteiger partial charge in [-0.3, -0.25) is 5.10 Å². The molecule has 0 bridgehead atoms. The summed E-state index contributed by atoms with van der Waals surface area (Å²) >= 11 is 4.95. The number of H-pyrrole nitrogens is 1. The molecule has 0 aliphatic heterocycles. The van der Waals surface area contributed by atoms with Crippen molar-refractivity contribution >= 4 is 12.2 Å². The van der Waals surface area contributed by atoms with Crippen LogP contribution in [0.1, 0.15) is 5.56 Å². The van der Waals surface area contributed by atoms with Gasteiger partial charge in [-0.2, -0.15) is 5.10 Å². The Balaban J connectivity index is 2.10. The third-order valence-electron chi connectivity index (χ3n) is 2.18. The number of benzene rings is 1. The Kier molecular flexibility index (Phi) is 3.09. The fraction of sp³-hybridized carbons (Fsp3) is 0.200. The number of halogens is 2. The van der Waals surface area contributed by atoms with Gasteiger partial charge in [-0.05, 0) is 36.3 Å². The van der Waals surface area contributed by atoms with Crippen LogP contribution in [-0.4, -0.2) is 14.8 Å². The minimum absolute atomic E-state index is 0.497. The standard InChI is InChI=1S/C10H9F2N3S/c11-8-3-7(4-9(12)5-8)1-2-15-6-13-14-10(15)16/h3-6H,1-2H2,(H,14,16). The molecular weight excluding hydrogens is 232 g/mol. The van der Waals surface area contributed by atoms with Crippen molar-refractivity contribution in [3.63, 3.8) is 0 Å². The summed E-state index contributed by atoms with van der Waals surface area (Å²) in [6.45, 7) is 0.540. The van der Waals surface area contributed by atoms with E-state index < -0.39 is 11.6 Å². The highest BCUT2D eigenvalue weighted by Crippen LogP contribution is 2.09. The van der Waals surface area contributed by atoms with Crippen molar-refractivity contribution in [2.24, 2.45) is 0 Å². The first-order chi connectivity index (χ1) is 7.65. The van der Waals surface area contributed by atoms with Gasteiger partial charge in [-0.25, -0.2) is 8.78 Å². The van der Waals surface area contributed by atoms with Gasteiger partial charge in [0.05, 0.1) is 0 Å². The minimum atomic E-state index is -0.564. The SMILES string of the molecule is Fc1cc(F)cc(CCn2cn[nH]c2=S)c1. The summed E-state index contributed by atoms with van der Waals surface area (Å²) in [6.07, 6.45) is 2.06.